The van der Waals surface area contributed by atoms with E-state index in [1.807, 2.05) is 30.3 Å². The first-order chi connectivity index (χ1) is 5.17. The Kier molecular flexibility index (Phi) is 2.11. The molecule has 0 radical (unpaired) electrons. The summed E-state index contributed by atoms with van der Waals surface area (Å²) in [6.45, 7) is 5.28. The van der Waals surface area contributed by atoms with Crippen LogP contribution < -0.4 is 0 Å². The topological polar surface area (TPSA) is 20.2 Å². The van der Waals surface area contributed by atoms with Crippen molar-refractivity contribution in [1.29, 1.82) is 0 Å². The van der Waals surface area contributed by atoms with E-state index in [1.165, 1.54) is 6.08 Å². The monoisotopic (exact) mass is 148 g/mol. The third-order valence-electron chi connectivity index (χ3n) is 1.76. The van der Waals surface area contributed by atoms with Gasteiger partial charge in [0.1, 0.15) is 5.60 Å². The second-order valence-electron chi connectivity index (χ2n) is 2.72. The molecule has 1 aromatic carbocycles. The maximum Gasteiger partial charge on any atom is 0.105 e. The van der Waals surface area contributed by atoms with E-state index in [0.29, 0.717) is 0 Å². The molecule has 58 valence electrons. The first-order valence-corrected chi connectivity index (χ1v) is 3.58. The summed E-state index contributed by atoms with van der Waals surface area (Å²) in [5.41, 5.74) is -0.0312. The second kappa shape index (κ2) is 2.89. The van der Waals surface area contributed by atoms with Gasteiger partial charge in [-0.1, -0.05) is 43.0 Å². The third kappa shape index (κ3) is 1.69. The molecule has 1 atom stereocenters. The molecule has 0 aliphatic carbocycles. The molecule has 0 amide bonds. The van der Waals surface area contributed by atoms with Gasteiger partial charge in [0.2, 0.25) is 0 Å². The van der Waals surface area contributed by atoms with Crippen molar-refractivity contribution in [2.75, 3.05) is 0 Å². The van der Waals surface area contributed by atoms with Crippen LogP contribution in [0, 0.1) is 0 Å². The Morgan fingerprint density at radius 3 is 2.36 bits per heavy atom. The number of benzene rings is 1. The van der Waals surface area contributed by atoms with Crippen molar-refractivity contribution in [2.24, 2.45) is 0 Å². The van der Waals surface area contributed by atoms with Gasteiger partial charge in [-0.25, -0.2) is 0 Å². The van der Waals surface area contributed by atoms with Crippen molar-refractivity contribution in [1.82, 2.24) is 0 Å². The van der Waals surface area contributed by atoms with E-state index >= 15 is 0 Å². The molecule has 0 heterocycles. The average Bonchev–Trinajstić information content (AvgIpc) is 2.06. The van der Waals surface area contributed by atoms with E-state index in [4.69, 9.17) is 0 Å². The highest BCUT2D eigenvalue weighted by Gasteiger charge is 2.16. The van der Waals surface area contributed by atoms with Gasteiger partial charge in [0.25, 0.3) is 0 Å². The lowest BCUT2D eigenvalue weighted by molar-refractivity contribution is 0.111. The Labute approximate surface area is 67.0 Å². The van der Waals surface area contributed by atoms with E-state index in [0.717, 1.165) is 5.56 Å². The molecule has 0 aliphatic heterocycles. The average molecular weight is 148 g/mol. The molecule has 1 heteroatoms. The van der Waals surface area contributed by atoms with E-state index in [1.54, 1.807) is 6.92 Å². The Morgan fingerprint density at radius 1 is 1.36 bits per heavy atom. The van der Waals surface area contributed by atoms with Crippen molar-refractivity contribution in [2.45, 2.75) is 12.5 Å². The first-order valence-electron chi connectivity index (χ1n) is 3.58. The summed E-state index contributed by atoms with van der Waals surface area (Å²) in [7, 11) is 0. The summed E-state index contributed by atoms with van der Waals surface area (Å²) >= 11 is 0. The number of hydrogen-bond acceptors (Lipinski definition) is 1. The molecule has 0 aromatic heterocycles. The predicted octanol–water partition coefficient (Wildman–Crippen LogP) is 2.08. The number of rotatable bonds is 2. The van der Waals surface area contributed by atoms with Gasteiger partial charge in [-0.3, -0.25) is 0 Å². The van der Waals surface area contributed by atoms with Crippen molar-refractivity contribution in [3.8, 4) is 0 Å². The fourth-order valence-corrected chi connectivity index (χ4v) is 0.893. The van der Waals surface area contributed by atoms with Crippen LogP contribution in [0.4, 0.5) is 0 Å². The highest BCUT2D eigenvalue weighted by molar-refractivity contribution is 5.25. The van der Waals surface area contributed by atoms with Crippen LogP contribution in [0.3, 0.4) is 0 Å². The van der Waals surface area contributed by atoms with Crippen molar-refractivity contribution < 1.29 is 5.11 Å². The van der Waals surface area contributed by atoms with Crippen LogP contribution in [0.25, 0.3) is 0 Å². The quantitative estimate of drug-likeness (QED) is 0.636. The summed E-state index contributed by atoms with van der Waals surface area (Å²) < 4.78 is 0. The van der Waals surface area contributed by atoms with Crippen LogP contribution in [-0.4, -0.2) is 5.11 Å². The van der Waals surface area contributed by atoms with Gasteiger partial charge in [-0.05, 0) is 12.5 Å². The summed E-state index contributed by atoms with van der Waals surface area (Å²) in [5.74, 6) is 0. The van der Waals surface area contributed by atoms with Crippen molar-refractivity contribution in [3.05, 3.63) is 48.6 Å². The maximum absolute atomic E-state index is 9.68. The molecule has 0 fully saturated rings. The van der Waals surface area contributed by atoms with Gasteiger partial charge in [0, 0.05) is 0 Å². The molecule has 0 aliphatic rings. The zero-order valence-electron chi connectivity index (χ0n) is 6.62. The van der Waals surface area contributed by atoms with Crippen molar-refractivity contribution >= 4 is 0 Å². The van der Waals surface area contributed by atoms with Crippen LogP contribution in [0.2, 0.25) is 0 Å². The van der Waals surface area contributed by atoms with E-state index in [2.05, 4.69) is 6.58 Å². The molecule has 1 rings (SSSR count). The summed E-state index contributed by atoms with van der Waals surface area (Å²) in [6.07, 6.45) is 1.53. The normalized spacial score (nSPS) is 15.5. The Morgan fingerprint density at radius 2 is 1.91 bits per heavy atom. The second-order valence-corrected chi connectivity index (χ2v) is 2.72. The largest absolute Gasteiger partial charge is 0.381 e. The molecule has 0 spiro atoms. The lowest BCUT2D eigenvalue weighted by Crippen LogP contribution is -2.16. The van der Waals surface area contributed by atoms with Gasteiger partial charge < -0.3 is 5.11 Å². The van der Waals surface area contributed by atoms with Crippen LogP contribution >= 0.6 is 0 Å². The van der Waals surface area contributed by atoms with Gasteiger partial charge in [0.05, 0.1) is 0 Å². The van der Waals surface area contributed by atoms with Gasteiger partial charge >= 0.3 is 0 Å². The zero-order valence-corrected chi connectivity index (χ0v) is 6.62. The maximum atomic E-state index is 9.68. The predicted molar refractivity (Wildman–Crippen MR) is 46.2 cm³/mol. The summed E-state index contributed by atoms with van der Waals surface area (Å²) in [5, 5.41) is 9.68. The SMILES string of the molecule is C=C[C@@](C)(O)c1ccccc1. The van der Waals surface area contributed by atoms with Gasteiger partial charge in [-0.2, -0.15) is 0 Å². The first kappa shape index (κ1) is 8.02. The molecule has 1 aromatic rings. The summed E-state index contributed by atoms with van der Waals surface area (Å²) in [6, 6.07) is 9.46. The lowest BCUT2D eigenvalue weighted by Gasteiger charge is -2.18. The molecule has 0 saturated heterocycles. The van der Waals surface area contributed by atoms with Crippen LogP contribution in [0.15, 0.2) is 43.0 Å². The van der Waals surface area contributed by atoms with Crippen molar-refractivity contribution in [3.63, 3.8) is 0 Å². The zero-order chi connectivity index (χ0) is 8.32. The number of aliphatic hydroxyl groups is 1. The Hall–Kier alpha value is -1.08. The summed E-state index contributed by atoms with van der Waals surface area (Å²) in [4.78, 5) is 0. The molecule has 0 saturated carbocycles. The molecule has 11 heavy (non-hydrogen) atoms. The highest BCUT2D eigenvalue weighted by atomic mass is 16.3. The molecule has 0 unspecified atom stereocenters. The molecular weight excluding hydrogens is 136 g/mol. The Balaban J connectivity index is 3.02. The highest BCUT2D eigenvalue weighted by Crippen LogP contribution is 2.20. The van der Waals surface area contributed by atoms with Crippen LogP contribution in [0.5, 0.6) is 0 Å². The Bertz CT molecular complexity index is 236. The number of hydrogen-bond donors (Lipinski definition) is 1. The molecule has 1 N–H and O–H groups in total. The fourth-order valence-electron chi connectivity index (χ4n) is 0.893. The third-order valence-corrected chi connectivity index (χ3v) is 1.76. The minimum absolute atomic E-state index is 0.870. The van der Waals surface area contributed by atoms with E-state index in [-0.39, 0.29) is 0 Å². The van der Waals surface area contributed by atoms with E-state index in [9.17, 15) is 5.11 Å². The molecule has 1 nitrogen and oxygen atoms in total. The van der Waals surface area contributed by atoms with Gasteiger partial charge in [0.15, 0.2) is 0 Å². The minimum atomic E-state index is -0.902. The standard InChI is InChI=1S/C10H12O/c1-3-10(2,11)9-7-5-4-6-8-9/h3-8,11H,1H2,2H3/t10-/m1/s1. The fraction of sp³-hybridized carbons (Fsp3) is 0.200. The van der Waals surface area contributed by atoms with E-state index < -0.39 is 5.60 Å². The smallest absolute Gasteiger partial charge is 0.105 e. The lowest BCUT2D eigenvalue weighted by atomic mass is 9.97. The minimum Gasteiger partial charge on any atom is -0.381 e. The van der Waals surface area contributed by atoms with Crippen LogP contribution in [-0.2, 0) is 5.60 Å². The molecular formula is C10H12O. The molecule has 0 bridgehead atoms. The van der Waals surface area contributed by atoms with Crippen LogP contribution in [0.1, 0.15) is 12.5 Å². The van der Waals surface area contributed by atoms with Gasteiger partial charge in [-0.15, -0.1) is 0 Å².